The molecular weight excluding hydrogens is 228 g/mol. The van der Waals surface area contributed by atoms with E-state index < -0.39 is 0 Å². The number of rotatable bonds is 4. The van der Waals surface area contributed by atoms with Crippen LogP contribution in [-0.2, 0) is 9.53 Å². The molecule has 0 radical (unpaired) electrons. The molecule has 3 atom stereocenters. The summed E-state index contributed by atoms with van der Waals surface area (Å²) in [6.45, 7) is 8.03. The minimum absolute atomic E-state index is 0.0179. The molecule has 0 spiro atoms. The van der Waals surface area contributed by atoms with E-state index in [0.29, 0.717) is 12.5 Å². The Morgan fingerprint density at radius 2 is 2.28 bits per heavy atom. The summed E-state index contributed by atoms with van der Waals surface area (Å²) in [6, 6.07) is 0.289. The number of hydrogen-bond acceptors (Lipinski definition) is 3. The van der Waals surface area contributed by atoms with Crippen LogP contribution in [0.15, 0.2) is 0 Å². The monoisotopic (exact) mass is 254 g/mol. The van der Waals surface area contributed by atoms with Crippen LogP contribution >= 0.6 is 0 Å². The third kappa shape index (κ3) is 2.69. The van der Waals surface area contributed by atoms with Gasteiger partial charge in [0.15, 0.2) is 0 Å². The van der Waals surface area contributed by atoms with E-state index in [2.05, 4.69) is 31.0 Å². The van der Waals surface area contributed by atoms with Gasteiger partial charge in [0.05, 0.1) is 24.9 Å². The molecule has 104 valence electrons. The number of carbonyl (C=O) groups excluding carboxylic acids is 1. The maximum Gasteiger partial charge on any atom is 0.241 e. The van der Waals surface area contributed by atoms with E-state index in [-0.39, 0.29) is 24.2 Å². The van der Waals surface area contributed by atoms with Gasteiger partial charge >= 0.3 is 0 Å². The Hall–Kier alpha value is -0.610. The van der Waals surface area contributed by atoms with Gasteiger partial charge in [-0.15, -0.1) is 0 Å². The van der Waals surface area contributed by atoms with E-state index >= 15 is 0 Å². The first-order valence-corrected chi connectivity index (χ1v) is 7.31. The van der Waals surface area contributed by atoms with Crippen molar-refractivity contribution < 1.29 is 9.53 Å². The second-order valence-electron chi connectivity index (χ2n) is 5.81. The van der Waals surface area contributed by atoms with E-state index in [1.807, 2.05) is 0 Å². The maximum atomic E-state index is 12.5. The SMILES string of the molecule is CCCC1NC(C(C)C)N(C2CCCOC2)C1=O. The molecule has 0 saturated carbocycles. The van der Waals surface area contributed by atoms with Gasteiger partial charge in [-0.25, -0.2) is 0 Å². The summed E-state index contributed by atoms with van der Waals surface area (Å²) in [4.78, 5) is 14.6. The summed E-state index contributed by atoms with van der Waals surface area (Å²) in [5, 5.41) is 3.51. The van der Waals surface area contributed by atoms with E-state index in [1.54, 1.807) is 0 Å². The predicted molar refractivity (Wildman–Crippen MR) is 71.1 cm³/mol. The Balaban J connectivity index is 2.10. The largest absolute Gasteiger partial charge is 0.379 e. The van der Waals surface area contributed by atoms with Gasteiger partial charge in [-0.05, 0) is 25.2 Å². The van der Waals surface area contributed by atoms with Gasteiger partial charge < -0.3 is 9.64 Å². The zero-order valence-corrected chi connectivity index (χ0v) is 11.8. The van der Waals surface area contributed by atoms with Crippen LogP contribution in [0, 0.1) is 5.92 Å². The molecule has 0 bridgehead atoms. The number of nitrogens with one attached hydrogen (secondary N) is 1. The Morgan fingerprint density at radius 1 is 1.50 bits per heavy atom. The number of amides is 1. The summed E-state index contributed by atoms with van der Waals surface area (Å²) < 4.78 is 5.54. The number of carbonyl (C=O) groups is 1. The smallest absolute Gasteiger partial charge is 0.241 e. The molecule has 1 N–H and O–H groups in total. The highest BCUT2D eigenvalue weighted by molar-refractivity contribution is 5.84. The number of nitrogens with zero attached hydrogens (tertiary/aromatic N) is 1. The van der Waals surface area contributed by atoms with Crippen LogP contribution in [0.4, 0.5) is 0 Å². The molecule has 1 amide bonds. The predicted octanol–water partition coefficient (Wildman–Crippen LogP) is 1.75. The van der Waals surface area contributed by atoms with E-state index in [1.165, 1.54) is 0 Å². The molecule has 0 aromatic heterocycles. The molecule has 4 nitrogen and oxygen atoms in total. The zero-order valence-electron chi connectivity index (χ0n) is 11.8. The molecule has 4 heteroatoms. The summed E-state index contributed by atoms with van der Waals surface area (Å²) in [5.74, 6) is 0.726. The third-order valence-corrected chi connectivity index (χ3v) is 3.96. The van der Waals surface area contributed by atoms with Crippen molar-refractivity contribution in [3.8, 4) is 0 Å². The van der Waals surface area contributed by atoms with Gasteiger partial charge in [0, 0.05) is 6.61 Å². The summed E-state index contributed by atoms with van der Waals surface area (Å²) >= 11 is 0. The maximum absolute atomic E-state index is 12.5. The first-order chi connectivity index (χ1) is 8.65. The lowest BCUT2D eigenvalue weighted by Crippen LogP contribution is -2.50. The standard InChI is InChI=1S/C14H26N2O2/c1-4-6-12-14(17)16(13(15-12)10(2)3)11-7-5-8-18-9-11/h10-13,15H,4-9H2,1-3H3. The Bertz CT molecular complexity index is 288. The molecule has 2 fully saturated rings. The lowest BCUT2D eigenvalue weighted by molar-refractivity contribution is -0.136. The van der Waals surface area contributed by atoms with Crippen LogP contribution in [0.1, 0.15) is 46.5 Å². The number of ether oxygens (including phenoxy) is 1. The topological polar surface area (TPSA) is 41.6 Å². The van der Waals surface area contributed by atoms with Crippen LogP contribution in [-0.4, -0.2) is 42.3 Å². The Morgan fingerprint density at radius 3 is 2.83 bits per heavy atom. The lowest BCUT2D eigenvalue weighted by Gasteiger charge is -2.36. The van der Waals surface area contributed by atoms with Gasteiger partial charge in [-0.1, -0.05) is 27.2 Å². The minimum Gasteiger partial charge on any atom is -0.379 e. The highest BCUT2D eigenvalue weighted by Gasteiger charge is 2.43. The normalized spacial score (nSPS) is 33.4. The molecule has 2 aliphatic heterocycles. The molecule has 2 aliphatic rings. The quantitative estimate of drug-likeness (QED) is 0.831. The van der Waals surface area contributed by atoms with E-state index in [9.17, 15) is 4.79 Å². The molecule has 0 aliphatic carbocycles. The van der Waals surface area contributed by atoms with Gasteiger partial charge in [0.25, 0.3) is 0 Å². The fraction of sp³-hybridized carbons (Fsp3) is 0.929. The van der Waals surface area contributed by atoms with Crippen molar-refractivity contribution in [3.63, 3.8) is 0 Å². The molecule has 0 aromatic carbocycles. The van der Waals surface area contributed by atoms with Crippen molar-refractivity contribution >= 4 is 5.91 Å². The van der Waals surface area contributed by atoms with Crippen molar-refractivity contribution in [2.75, 3.05) is 13.2 Å². The molecule has 2 saturated heterocycles. The highest BCUT2D eigenvalue weighted by atomic mass is 16.5. The third-order valence-electron chi connectivity index (χ3n) is 3.96. The van der Waals surface area contributed by atoms with Crippen LogP contribution < -0.4 is 5.32 Å². The molecule has 3 unspecified atom stereocenters. The van der Waals surface area contributed by atoms with Crippen LogP contribution in [0.2, 0.25) is 0 Å². The fourth-order valence-corrected chi connectivity index (χ4v) is 3.03. The van der Waals surface area contributed by atoms with Crippen molar-refractivity contribution in [2.45, 2.75) is 64.7 Å². The summed E-state index contributed by atoms with van der Waals surface area (Å²) in [5.41, 5.74) is 0. The first-order valence-electron chi connectivity index (χ1n) is 7.31. The first kappa shape index (κ1) is 13.8. The average molecular weight is 254 g/mol. The van der Waals surface area contributed by atoms with Crippen LogP contribution in [0.25, 0.3) is 0 Å². The van der Waals surface area contributed by atoms with Gasteiger partial charge in [0.2, 0.25) is 5.91 Å². The van der Waals surface area contributed by atoms with Crippen molar-refractivity contribution in [1.29, 1.82) is 0 Å². The highest BCUT2D eigenvalue weighted by Crippen LogP contribution is 2.26. The minimum atomic E-state index is 0.0179. The van der Waals surface area contributed by atoms with Gasteiger partial charge in [0.1, 0.15) is 0 Å². The summed E-state index contributed by atoms with van der Waals surface area (Å²) in [7, 11) is 0. The van der Waals surface area contributed by atoms with E-state index in [4.69, 9.17) is 4.74 Å². The average Bonchev–Trinajstić information content (AvgIpc) is 2.69. The second kappa shape index (κ2) is 6.02. The molecule has 2 heterocycles. The fourth-order valence-electron chi connectivity index (χ4n) is 3.03. The molecule has 2 rings (SSSR count). The van der Waals surface area contributed by atoms with Crippen LogP contribution in [0.3, 0.4) is 0 Å². The van der Waals surface area contributed by atoms with Gasteiger partial charge in [-0.2, -0.15) is 0 Å². The molecule has 0 aromatic rings. The molecule has 18 heavy (non-hydrogen) atoms. The van der Waals surface area contributed by atoms with Crippen molar-refractivity contribution in [3.05, 3.63) is 0 Å². The van der Waals surface area contributed by atoms with E-state index in [0.717, 1.165) is 32.3 Å². The second-order valence-corrected chi connectivity index (χ2v) is 5.81. The Labute approximate surface area is 110 Å². The van der Waals surface area contributed by atoms with Crippen LogP contribution in [0.5, 0.6) is 0 Å². The zero-order chi connectivity index (χ0) is 13.1. The van der Waals surface area contributed by atoms with Gasteiger partial charge in [-0.3, -0.25) is 10.1 Å². The Kier molecular flexibility index (Phi) is 4.62. The van der Waals surface area contributed by atoms with Crippen molar-refractivity contribution in [1.82, 2.24) is 10.2 Å². The number of hydrogen-bond donors (Lipinski definition) is 1. The van der Waals surface area contributed by atoms with Crippen molar-refractivity contribution in [2.24, 2.45) is 5.92 Å². The lowest BCUT2D eigenvalue weighted by atomic mass is 10.0. The molecular formula is C14H26N2O2. The summed E-state index contributed by atoms with van der Waals surface area (Å²) in [6.07, 6.45) is 4.31.